The molecule has 2 heterocycles. The fourth-order valence-electron chi connectivity index (χ4n) is 1.75. The Hall–Kier alpha value is -1.57. The van der Waals surface area contributed by atoms with Gasteiger partial charge in [0.2, 0.25) is 0 Å². The Morgan fingerprint density at radius 1 is 1.36 bits per heavy atom. The Balaban J connectivity index is 2.10. The summed E-state index contributed by atoms with van der Waals surface area (Å²) in [5.74, 6) is -1.58. The molecule has 7 nitrogen and oxygen atoms in total. The number of esters is 1. The van der Waals surface area contributed by atoms with Crippen LogP contribution in [-0.4, -0.2) is 47.0 Å². The molecule has 1 aliphatic rings. The van der Waals surface area contributed by atoms with Crippen LogP contribution in [0.5, 0.6) is 0 Å². The minimum Gasteiger partial charge on any atom is -0.448 e. The molecule has 118 valence electrons. The first-order valence-corrected chi connectivity index (χ1v) is 7.26. The number of carbonyl (C=O) groups is 3. The van der Waals surface area contributed by atoms with Crippen LogP contribution in [0.3, 0.4) is 0 Å². The van der Waals surface area contributed by atoms with Gasteiger partial charge in [-0.05, 0) is 6.92 Å². The summed E-state index contributed by atoms with van der Waals surface area (Å²) in [6, 6.07) is -0.529. The number of aromatic nitrogens is 1. The summed E-state index contributed by atoms with van der Waals surface area (Å²) < 4.78 is 4.98. The van der Waals surface area contributed by atoms with E-state index in [4.69, 9.17) is 39.5 Å². The van der Waals surface area contributed by atoms with Gasteiger partial charge in [-0.1, -0.05) is 34.8 Å². The maximum Gasteiger partial charge on any atom is 0.359 e. The van der Waals surface area contributed by atoms with Crippen LogP contribution in [-0.2, 0) is 9.53 Å². The number of amides is 3. The van der Waals surface area contributed by atoms with Gasteiger partial charge in [0.1, 0.15) is 0 Å². The summed E-state index contributed by atoms with van der Waals surface area (Å²) in [5.41, 5.74) is -0.262. The zero-order chi connectivity index (χ0) is 16.4. The molecule has 0 spiro atoms. The first-order valence-electron chi connectivity index (χ1n) is 6.12. The normalized spacial score (nSPS) is 15.5. The number of imide groups is 1. The number of hydrogen-bond donors (Lipinski definition) is 1. The molecule has 3 amide bonds. The molecule has 22 heavy (non-hydrogen) atoms. The molecule has 0 aliphatic carbocycles. The monoisotopic (exact) mass is 365 g/mol. The van der Waals surface area contributed by atoms with E-state index in [1.807, 2.05) is 0 Å². The highest BCUT2D eigenvalue weighted by molar-refractivity contribution is 6.48. The number of carbonyl (C=O) groups excluding carboxylic acids is 3. The Bertz CT molecular complexity index is 653. The molecule has 0 radical (unpaired) electrons. The Labute approximate surface area is 140 Å². The van der Waals surface area contributed by atoms with E-state index in [9.17, 15) is 14.4 Å². The second-order valence-corrected chi connectivity index (χ2v) is 5.52. The van der Waals surface area contributed by atoms with Crippen LogP contribution in [0.15, 0.2) is 6.20 Å². The van der Waals surface area contributed by atoms with Gasteiger partial charge in [-0.2, -0.15) is 0 Å². The molecule has 1 N–H and O–H groups in total. The van der Waals surface area contributed by atoms with Gasteiger partial charge in [0.05, 0.1) is 15.1 Å². The smallest absolute Gasteiger partial charge is 0.359 e. The molecule has 1 aromatic heterocycles. The first kappa shape index (κ1) is 16.8. The largest absolute Gasteiger partial charge is 0.448 e. The van der Waals surface area contributed by atoms with Crippen molar-refractivity contribution in [1.82, 2.24) is 15.2 Å². The molecule has 10 heteroatoms. The number of urea groups is 1. The maximum absolute atomic E-state index is 12.0. The fraction of sp³-hybridized carbons (Fsp3) is 0.333. The summed E-state index contributed by atoms with van der Waals surface area (Å²) >= 11 is 17.4. The molecule has 1 aromatic rings. The lowest BCUT2D eigenvalue weighted by Crippen LogP contribution is -2.41. The summed E-state index contributed by atoms with van der Waals surface area (Å²) in [6.07, 6.45) is -0.0316. The van der Waals surface area contributed by atoms with Crippen molar-refractivity contribution in [3.63, 3.8) is 0 Å². The topological polar surface area (TPSA) is 88.6 Å². The van der Waals surface area contributed by atoms with Crippen LogP contribution in [0.1, 0.15) is 17.4 Å². The van der Waals surface area contributed by atoms with Crippen LogP contribution < -0.4 is 5.32 Å². The van der Waals surface area contributed by atoms with Crippen LogP contribution in [0.2, 0.25) is 15.1 Å². The second kappa shape index (κ2) is 6.68. The second-order valence-electron chi connectivity index (χ2n) is 4.35. The van der Waals surface area contributed by atoms with Gasteiger partial charge >= 0.3 is 12.0 Å². The summed E-state index contributed by atoms with van der Waals surface area (Å²) in [4.78, 5) is 40.1. The Morgan fingerprint density at radius 3 is 2.64 bits per heavy atom. The van der Waals surface area contributed by atoms with E-state index in [1.54, 1.807) is 0 Å². The van der Waals surface area contributed by atoms with Crippen molar-refractivity contribution in [2.75, 3.05) is 13.1 Å². The average Bonchev–Trinajstić information content (AvgIpc) is 2.90. The highest BCUT2D eigenvalue weighted by Crippen LogP contribution is 2.31. The minimum absolute atomic E-state index is 0.0387. The number of ether oxygens (including phenoxy) is 1. The summed E-state index contributed by atoms with van der Waals surface area (Å²) in [7, 11) is 0. The molecule has 1 saturated heterocycles. The molecule has 1 unspecified atom stereocenters. The number of rotatable bonds is 3. The van der Waals surface area contributed by atoms with Gasteiger partial charge in [-0.15, -0.1) is 0 Å². The van der Waals surface area contributed by atoms with Crippen LogP contribution >= 0.6 is 34.8 Å². The van der Waals surface area contributed by atoms with Crippen LogP contribution in [0.4, 0.5) is 4.79 Å². The fourth-order valence-corrected chi connectivity index (χ4v) is 2.31. The van der Waals surface area contributed by atoms with Crippen molar-refractivity contribution in [2.24, 2.45) is 0 Å². The standard InChI is InChI=1S/C12H10Cl3N3O4/c1-5(10(19)18-3-2-16-12(18)21)22-11(20)9-8(15)7(14)6(13)4-17-9/h4-5H,2-3H2,1H3,(H,16,21). The lowest BCUT2D eigenvalue weighted by Gasteiger charge is -2.18. The van der Waals surface area contributed by atoms with E-state index in [1.165, 1.54) is 6.92 Å². The minimum atomic E-state index is -1.18. The van der Waals surface area contributed by atoms with Gasteiger partial charge in [-0.3, -0.25) is 9.69 Å². The molecule has 1 fully saturated rings. The lowest BCUT2D eigenvalue weighted by molar-refractivity contribution is -0.136. The predicted molar refractivity (Wildman–Crippen MR) is 79.3 cm³/mol. The van der Waals surface area contributed by atoms with Gasteiger partial charge in [-0.25, -0.2) is 14.6 Å². The molecule has 1 atom stereocenters. The van der Waals surface area contributed by atoms with Gasteiger partial charge in [0.15, 0.2) is 11.8 Å². The van der Waals surface area contributed by atoms with E-state index in [0.29, 0.717) is 6.54 Å². The van der Waals surface area contributed by atoms with Crippen molar-refractivity contribution in [1.29, 1.82) is 0 Å². The molecule has 1 aliphatic heterocycles. The van der Waals surface area contributed by atoms with E-state index in [2.05, 4.69) is 10.3 Å². The van der Waals surface area contributed by atoms with Gasteiger partial charge in [0, 0.05) is 19.3 Å². The molecule has 2 rings (SSSR count). The maximum atomic E-state index is 12.0. The number of pyridine rings is 1. The van der Waals surface area contributed by atoms with E-state index in [-0.39, 0.29) is 27.3 Å². The highest BCUT2D eigenvalue weighted by Gasteiger charge is 2.32. The number of hydrogen-bond acceptors (Lipinski definition) is 5. The molecule has 0 aromatic carbocycles. The third kappa shape index (κ3) is 3.26. The van der Waals surface area contributed by atoms with E-state index < -0.39 is 24.0 Å². The average molecular weight is 367 g/mol. The van der Waals surface area contributed by atoms with Crippen molar-refractivity contribution in [3.05, 3.63) is 27.0 Å². The summed E-state index contributed by atoms with van der Waals surface area (Å²) in [5, 5.41) is 2.35. The predicted octanol–water partition coefficient (Wildman–Crippen LogP) is 2.14. The van der Waals surface area contributed by atoms with Crippen LogP contribution in [0.25, 0.3) is 0 Å². The number of halogens is 3. The van der Waals surface area contributed by atoms with Gasteiger partial charge in [0.25, 0.3) is 5.91 Å². The highest BCUT2D eigenvalue weighted by atomic mass is 35.5. The first-order chi connectivity index (χ1) is 10.3. The van der Waals surface area contributed by atoms with Crippen molar-refractivity contribution < 1.29 is 19.1 Å². The van der Waals surface area contributed by atoms with E-state index in [0.717, 1.165) is 11.1 Å². The molecular formula is C12H10Cl3N3O4. The van der Waals surface area contributed by atoms with Gasteiger partial charge < -0.3 is 10.1 Å². The zero-order valence-corrected chi connectivity index (χ0v) is 13.5. The van der Waals surface area contributed by atoms with Crippen LogP contribution in [0, 0.1) is 0 Å². The molecule has 0 bridgehead atoms. The third-order valence-corrected chi connectivity index (χ3v) is 4.11. The third-order valence-electron chi connectivity index (χ3n) is 2.87. The number of nitrogens with one attached hydrogen (secondary N) is 1. The molecular weight excluding hydrogens is 357 g/mol. The lowest BCUT2D eigenvalue weighted by atomic mass is 10.3. The Kier molecular flexibility index (Phi) is 5.10. The zero-order valence-electron chi connectivity index (χ0n) is 11.2. The SMILES string of the molecule is CC(OC(=O)c1ncc(Cl)c(Cl)c1Cl)C(=O)N1CCNC1=O. The van der Waals surface area contributed by atoms with E-state index >= 15 is 0 Å². The van der Waals surface area contributed by atoms with Crippen molar-refractivity contribution >= 4 is 52.7 Å². The molecule has 0 saturated carbocycles. The van der Waals surface area contributed by atoms with Crippen molar-refractivity contribution in [3.8, 4) is 0 Å². The summed E-state index contributed by atoms with van der Waals surface area (Å²) in [6.45, 7) is 1.91. The van der Waals surface area contributed by atoms with Crippen molar-refractivity contribution in [2.45, 2.75) is 13.0 Å². The number of nitrogens with zero attached hydrogens (tertiary/aromatic N) is 2. The Morgan fingerprint density at radius 2 is 2.05 bits per heavy atom. The quantitative estimate of drug-likeness (QED) is 0.828.